The minimum absolute atomic E-state index is 0.214. The lowest BCUT2D eigenvalue weighted by atomic mass is 9.87. The zero-order valence-corrected chi connectivity index (χ0v) is 26.7. The molecule has 3 aromatic rings. The average molecular weight is 607 g/mol. The quantitative estimate of drug-likeness (QED) is 0.284. The molecule has 3 aromatic carbocycles. The average Bonchev–Trinajstić information content (AvgIpc) is 2.85. The number of benzene rings is 3. The largest absolute Gasteiger partial charge is 0.466 e. The Hall–Kier alpha value is -2.75. The van der Waals surface area contributed by atoms with Crippen LogP contribution in [0.5, 0.6) is 0 Å². The summed E-state index contributed by atoms with van der Waals surface area (Å²) in [5.41, 5.74) is 2.26. The molecule has 0 saturated carbocycles. The molecule has 0 spiro atoms. The molecule has 0 radical (unpaired) electrons. The number of carbonyl (C=O) groups is 1. The first-order valence-corrected chi connectivity index (χ1v) is 16.2. The highest BCUT2D eigenvalue weighted by Crippen LogP contribution is 2.70. The minimum atomic E-state index is -6.09. The van der Waals surface area contributed by atoms with Crippen LogP contribution in [0.1, 0.15) is 79.0 Å². The Bertz CT molecular complexity index is 1350. The molecule has 0 heterocycles. The first-order valence-electron chi connectivity index (χ1n) is 13.2. The molecule has 0 aromatic heterocycles. The van der Waals surface area contributed by atoms with Gasteiger partial charge in [-0.2, -0.15) is 17.2 Å². The van der Waals surface area contributed by atoms with Gasteiger partial charge in [0.25, 0.3) is 0 Å². The highest BCUT2D eigenvalue weighted by Gasteiger charge is 2.56. The van der Waals surface area contributed by atoms with E-state index in [0.29, 0.717) is 14.7 Å². The monoisotopic (exact) mass is 606 g/mol. The van der Waals surface area contributed by atoms with E-state index >= 15 is 0 Å². The molecule has 224 valence electrons. The van der Waals surface area contributed by atoms with E-state index in [4.69, 9.17) is 4.18 Å². The van der Waals surface area contributed by atoms with E-state index in [1.165, 1.54) is 0 Å². The Morgan fingerprint density at radius 3 is 1.02 bits per heavy atom. The molecule has 0 atom stereocenters. The number of halogens is 2. The second-order valence-corrected chi connectivity index (χ2v) is 17.4. The van der Waals surface area contributed by atoms with Gasteiger partial charge >= 0.3 is 21.3 Å². The van der Waals surface area contributed by atoms with Crippen LogP contribution < -0.4 is 0 Å². The molecular weight excluding hydrogens is 566 g/mol. The van der Waals surface area contributed by atoms with Crippen molar-refractivity contribution in [1.29, 1.82) is 0 Å². The molecule has 0 unspecified atom stereocenters. The summed E-state index contributed by atoms with van der Waals surface area (Å²) in [5.74, 6) is -2.35. The van der Waals surface area contributed by atoms with Crippen LogP contribution in [0.2, 0.25) is 0 Å². The second-order valence-electron chi connectivity index (χ2n) is 13.2. The Labute approximate surface area is 244 Å². The Kier molecular flexibility index (Phi) is 8.65. The van der Waals surface area contributed by atoms with E-state index in [1.807, 2.05) is 98.7 Å². The van der Waals surface area contributed by atoms with Gasteiger partial charge in [0.05, 0.1) is 0 Å². The lowest BCUT2D eigenvalue weighted by Gasteiger charge is -2.41. The summed E-state index contributed by atoms with van der Waals surface area (Å²) in [5, 5.41) is -5.17. The molecule has 0 aliphatic heterocycles. The third-order valence-electron chi connectivity index (χ3n) is 6.92. The fraction of sp³-hybridized carbons (Fsp3) is 0.406. The van der Waals surface area contributed by atoms with Crippen LogP contribution in [0.3, 0.4) is 0 Å². The van der Waals surface area contributed by atoms with Gasteiger partial charge < -0.3 is 4.18 Å². The van der Waals surface area contributed by atoms with Crippen molar-refractivity contribution < 1.29 is 30.7 Å². The van der Waals surface area contributed by atoms with E-state index in [9.17, 15) is 26.5 Å². The summed E-state index contributed by atoms with van der Waals surface area (Å²) < 4.78 is 67.6. The highest BCUT2D eigenvalue weighted by molar-refractivity contribution is 8.30. The Morgan fingerprint density at radius 2 is 0.829 bits per heavy atom. The molecule has 0 aliphatic carbocycles. The van der Waals surface area contributed by atoms with Gasteiger partial charge in [-0.05, 0) is 79.6 Å². The van der Waals surface area contributed by atoms with Gasteiger partial charge in [0.2, 0.25) is 0 Å². The predicted molar refractivity (Wildman–Crippen MR) is 160 cm³/mol. The van der Waals surface area contributed by atoms with Crippen LogP contribution in [0, 0.1) is 0 Å². The van der Waals surface area contributed by atoms with E-state index in [0.717, 1.165) is 16.7 Å². The van der Waals surface area contributed by atoms with E-state index in [2.05, 4.69) is 0 Å². The Balaban J connectivity index is 2.42. The number of alkyl halides is 2. The summed E-state index contributed by atoms with van der Waals surface area (Å²) in [7, 11) is -9.36. The van der Waals surface area contributed by atoms with Gasteiger partial charge in [0.1, 0.15) is 0 Å². The standard InChI is InChI=1S/C32H40F2O5S2/c1-29(2,3)22-10-16-25(17-11-22)40(39-28(35)32(33,34)41(36,37)38,26-18-12-23(13-19-26)30(4,5)6)27-20-14-24(15-21-27)31(7,8)9/h10-21H,1-9H3,(H,36,37,38). The fourth-order valence-electron chi connectivity index (χ4n) is 4.26. The molecule has 0 amide bonds. The van der Waals surface area contributed by atoms with Crippen molar-refractivity contribution >= 4 is 26.4 Å². The van der Waals surface area contributed by atoms with Gasteiger partial charge in [0.15, 0.2) is 0 Å². The number of carbonyl (C=O) groups excluding carboxylic acids is 1. The fourth-order valence-corrected chi connectivity index (χ4v) is 7.56. The maximum absolute atomic E-state index is 14.8. The molecular formula is C32H40F2O5S2. The van der Waals surface area contributed by atoms with Crippen LogP contribution in [-0.4, -0.2) is 24.2 Å². The van der Waals surface area contributed by atoms with Gasteiger partial charge in [-0.1, -0.05) is 98.7 Å². The summed E-state index contributed by atoms with van der Waals surface area (Å²) in [6.45, 7) is 18.3. The SMILES string of the molecule is CC(C)(C)c1ccc(S(OC(=O)C(F)(F)S(=O)(=O)O)(c2ccc(C(C)(C)C)cc2)c2ccc(C(C)(C)C)cc2)cc1. The van der Waals surface area contributed by atoms with E-state index < -0.39 is 31.7 Å². The highest BCUT2D eigenvalue weighted by atomic mass is 32.3. The first kappa shape index (κ1) is 32.8. The predicted octanol–water partition coefficient (Wildman–Crippen LogP) is 8.80. The molecule has 41 heavy (non-hydrogen) atoms. The molecule has 0 bridgehead atoms. The van der Waals surface area contributed by atoms with Crippen molar-refractivity contribution in [2.75, 3.05) is 0 Å². The summed E-state index contributed by atoms with van der Waals surface area (Å²) >= 11 is 0. The lowest BCUT2D eigenvalue weighted by molar-refractivity contribution is -0.150. The maximum Gasteiger partial charge on any atom is 0.466 e. The zero-order valence-electron chi connectivity index (χ0n) is 25.1. The number of hydrogen-bond acceptors (Lipinski definition) is 4. The third kappa shape index (κ3) is 6.68. The topological polar surface area (TPSA) is 80.7 Å². The first-order chi connectivity index (χ1) is 18.5. The van der Waals surface area contributed by atoms with Crippen molar-refractivity contribution in [2.45, 2.75) is 98.5 Å². The summed E-state index contributed by atoms with van der Waals surface area (Å²) in [6.07, 6.45) is 0. The maximum atomic E-state index is 14.8. The molecule has 9 heteroatoms. The van der Waals surface area contributed by atoms with Crippen LogP contribution >= 0.6 is 10.3 Å². The van der Waals surface area contributed by atoms with Gasteiger partial charge in [-0.3, -0.25) is 4.55 Å². The number of hydrogen-bond donors (Lipinski definition) is 1. The zero-order chi connectivity index (χ0) is 31.2. The van der Waals surface area contributed by atoms with Crippen LogP contribution in [-0.2, 0) is 35.3 Å². The third-order valence-corrected chi connectivity index (χ3v) is 10.9. The molecule has 5 nitrogen and oxygen atoms in total. The number of rotatable bonds is 6. The second kappa shape index (κ2) is 10.8. The van der Waals surface area contributed by atoms with Crippen molar-refractivity contribution in [2.24, 2.45) is 0 Å². The van der Waals surface area contributed by atoms with Crippen molar-refractivity contribution in [3.63, 3.8) is 0 Å². The molecule has 0 fully saturated rings. The van der Waals surface area contributed by atoms with Gasteiger partial charge in [-0.25, -0.2) is 4.79 Å². The van der Waals surface area contributed by atoms with E-state index in [-0.39, 0.29) is 16.2 Å². The van der Waals surface area contributed by atoms with Gasteiger partial charge in [-0.15, -0.1) is 0 Å². The minimum Gasteiger partial charge on any atom is -0.397 e. The van der Waals surface area contributed by atoms with E-state index in [1.54, 1.807) is 36.4 Å². The van der Waals surface area contributed by atoms with Crippen molar-refractivity contribution in [3.8, 4) is 0 Å². The molecule has 0 aliphatic rings. The van der Waals surface area contributed by atoms with Crippen molar-refractivity contribution in [1.82, 2.24) is 0 Å². The molecule has 3 rings (SSSR count). The molecule has 1 N–H and O–H groups in total. The Morgan fingerprint density at radius 1 is 0.585 bits per heavy atom. The lowest BCUT2D eigenvalue weighted by Crippen LogP contribution is -2.39. The normalized spacial score (nSPS) is 14.0. The summed E-state index contributed by atoms with van der Waals surface area (Å²) in [4.78, 5) is 14.3. The van der Waals surface area contributed by atoms with Gasteiger partial charge in [0, 0.05) is 14.7 Å². The van der Waals surface area contributed by atoms with Crippen LogP contribution in [0.15, 0.2) is 87.5 Å². The van der Waals surface area contributed by atoms with Crippen LogP contribution in [0.25, 0.3) is 0 Å². The smallest absolute Gasteiger partial charge is 0.397 e. The van der Waals surface area contributed by atoms with Crippen molar-refractivity contribution in [3.05, 3.63) is 89.5 Å². The van der Waals surface area contributed by atoms with Crippen LogP contribution in [0.4, 0.5) is 8.78 Å². The summed E-state index contributed by atoms with van der Waals surface area (Å²) in [6, 6.07) is 21.4. The molecule has 0 saturated heterocycles.